The molecule has 3 N–H and O–H groups in total. The topological polar surface area (TPSA) is 89.9 Å². The van der Waals surface area contributed by atoms with Gasteiger partial charge in [0.15, 0.2) is 6.10 Å². The molecule has 0 radical (unpaired) electrons. The van der Waals surface area contributed by atoms with E-state index in [0.717, 1.165) is 6.42 Å². The predicted molar refractivity (Wildman–Crippen MR) is 72.3 cm³/mol. The van der Waals surface area contributed by atoms with E-state index in [0.29, 0.717) is 0 Å². The average molecular weight is 286 g/mol. The fraction of sp³-hybridized carbons (Fsp3) is 0.500. The molecule has 0 saturated heterocycles. The lowest BCUT2D eigenvalue weighted by molar-refractivity contribution is -0.146. The van der Waals surface area contributed by atoms with Crippen LogP contribution in [0.1, 0.15) is 11.8 Å². The SMILES string of the molecule is CC(Cc1cccs1)N(C)C(=O)NCC(O)C(=O)O. The quantitative estimate of drug-likeness (QED) is 0.720. The number of carbonyl (C=O) groups excluding carboxylic acids is 1. The van der Waals surface area contributed by atoms with Crippen molar-refractivity contribution in [1.82, 2.24) is 10.2 Å². The van der Waals surface area contributed by atoms with Crippen molar-refractivity contribution < 1.29 is 19.8 Å². The number of nitrogens with zero attached hydrogens (tertiary/aromatic N) is 1. The van der Waals surface area contributed by atoms with Crippen LogP contribution in [0.4, 0.5) is 4.79 Å². The molecular formula is C12H18N2O4S. The number of thiophene rings is 1. The summed E-state index contributed by atoms with van der Waals surface area (Å²) in [5, 5.41) is 21.9. The molecule has 6 nitrogen and oxygen atoms in total. The maximum Gasteiger partial charge on any atom is 0.334 e. The molecule has 7 heteroatoms. The van der Waals surface area contributed by atoms with Crippen LogP contribution in [0.2, 0.25) is 0 Å². The Morgan fingerprint density at radius 3 is 2.74 bits per heavy atom. The van der Waals surface area contributed by atoms with Gasteiger partial charge in [0.05, 0.1) is 6.54 Å². The van der Waals surface area contributed by atoms with Crippen molar-refractivity contribution in [3.05, 3.63) is 22.4 Å². The second-order valence-corrected chi connectivity index (χ2v) is 5.32. The van der Waals surface area contributed by atoms with E-state index in [1.54, 1.807) is 18.4 Å². The summed E-state index contributed by atoms with van der Waals surface area (Å²) in [4.78, 5) is 24.8. The van der Waals surface area contributed by atoms with Crippen LogP contribution in [0, 0.1) is 0 Å². The Kier molecular flexibility index (Phi) is 5.78. The van der Waals surface area contributed by atoms with E-state index in [9.17, 15) is 9.59 Å². The smallest absolute Gasteiger partial charge is 0.334 e. The van der Waals surface area contributed by atoms with Crippen molar-refractivity contribution in [3.8, 4) is 0 Å². The van der Waals surface area contributed by atoms with E-state index in [2.05, 4.69) is 5.32 Å². The van der Waals surface area contributed by atoms with Gasteiger partial charge in [0, 0.05) is 24.4 Å². The van der Waals surface area contributed by atoms with E-state index in [4.69, 9.17) is 10.2 Å². The van der Waals surface area contributed by atoms with Crippen LogP contribution in [0.5, 0.6) is 0 Å². The average Bonchev–Trinajstić information content (AvgIpc) is 2.86. The Morgan fingerprint density at radius 1 is 1.53 bits per heavy atom. The molecule has 19 heavy (non-hydrogen) atoms. The molecule has 0 spiro atoms. The zero-order chi connectivity index (χ0) is 14.4. The zero-order valence-corrected chi connectivity index (χ0v) is 11.7. The molecule has 0 aliphatic rings. The van der Waals surface area contributed by atoms with Crippen molar-refractivity contribution in [2.45, 2.75) is 25.5 Å². The minimum Gasteiger partial charge on any atom is -0.479 e. The Hall–Kier alpha value is -1.60. The van der Waals surface area contributed by atoms with Crippen LogP contribution >= 0.6 is 11.3 Å². The standard InChI is InChI=1S/C12H18N2O4S/c1-8(6-9-4-3-5-19-9)14(2)12(18)13-7-10(15)11(16)17/h3-5,8,10,15H,6-7H2,1-2H3,(H,13,18)(H,16,17). The number of hydrogen-bond donors (Lipinski definition) is 3. The van der Waals surface area contributed by atoms with Gasteiger partial charge in [-0.15, -0.1) is 11.3 Å². The largest absolute Gasteiger partial charge is 0.479 e. The van der Waals surface area contributed by atoms with Gasteiger partial charge in [0.2, 0.25) is 0 Å². The summed E-state index contributed by atoms with van der Waals surface area (Å²) in [6.45, 7) is 1.61. The second-order valence-electron chi connectivity index (χ2n) is 4.28. The van der Waals surface area contributed by atoms with Crippen molar-refractivity contribution >= 4 is 23.3 Å². The number of carboxylic acids is 1. The summed E-state index contributed by atoms with van der Waals surface area (Å²) >= 11 is 1.63. The second kappa shape index (κ2) is 7.10. The highest BCUT2D eigenvalue weighted by molar-refractivity contribution is 7.09. The lowest BCUT2D eigenvalue weighted by atomic mass is 10.2. The first kappa shape index (κ1) is 15.5. The molecule has 106 valence electrons. The molecule has 1 aromatic heterocycles. The summed E-state index contributed by atoms with van der Waals surface area (Å²) in [5.74, 6) is -1.35. The zero-order valence-electron chi connectivity index (χ0n) is 10.9. The van der Waals surface area contributed by atoms with E-state index in [1.807, 2.05) is 24.4 Å². The Morgan fingerprint density at radius 2 is 2.21 bits per heavy atom. The fourth-order valence-corrected chi connectivity index (χ4v) is 2.28. The van der Waals surface area contributed by atoms with E-state index in [1.165, 1.54) is 9.78 Å². The molecule has 0 aromatic carbocycles. The first-order valence-corrected chi connectivity index (χ1v) is 6.73. The lowest BCUT2D eigenvalue weighted by Gasteiger charge is -2.25. The van der Waals surface area contributed by atoms with Gasteiger partial charge in [-0.25, -0.2) is 9.59 Å². The molecule has 2 atom stereocenters. The monoisotopic (exact) mass is 286 g/mol. The highest BCUT2D eigenvalue weighted by atomic mass is 32.1. The first-order valence-electron chi connectivity index (χ1n) is 5.85. The third-order valence-corrected chi connectivity index (χ3v) is 3.69. The van der Waals surface area contributed by atoms with Gasteiger partial charge in [-0.05, 0) is 18.4 Å². The van der Waals surface area contributed by atoms with Gasteiger partial charge in [0.1, 0.15) is 0 Å². The molecule has 0 aliphatic carbocycles. The van der Waals surface area contributed by atoms with Gasteiger partial charge >= 0.3 is 12.0 Å². The summed E-state index contributed by atoms with van der Waals surface area (Å²) in [6.07, 6.45) is -0.840. The molecule has 2 amide bonds. The number of urea groups is 1. The molecule has 2 unspecified atom stereocenters. The predicted octanol–water partition coefficient (Wildman–Crippen LogP) is 0.766. The van der Waals surface area contributed by atoms with Gasteiger partial charge in [0.25, 0.3) is 0 Å². The van der Waals surface area contributed by atoms with E-state index < -0.39 is 18.1 Å². The normalized spacial score (nSPS) is 13.6. The summed E-state index contributed by atoms with van der Waals surface area (Å²) in [5.41, 5.74) is 0. The van der Waals surface area contributed by atoms with Crippen molar-refractivity contribution in [1.29, 1.82) is 0 Å². The molecule has 1 aromatic rings. The molecule has 0 bridgehead atoms. The minimum atomic E-state index is -1.58. The highest BCUT2D eigenvalue weighted by Crippen LogP contribution is 2.13. The van der Waals surface area contributed by atoms with Crippen LogP contribution in [0.3, 0.4) is 0 Å². The number of hydrogen-bond acceptors (Lipinski definition) is 4. The third kappa shape index (κ3) is 4.88. The van der Waals surface area contributed by atoms with Crippen LogP contribution < -0.4 is 5.32 Å². The molecular weight excluding hydrogens is 268 g/mol. The van der Waals surface area contributed by atoms with E-state index in [-0.39, 0.29) is 12.6 Å². The molecule has 1 heterocycles. The van der Waals surface area contributed by atoms with Crippen LogP contribution in [-0.4, -0.2) is 52.9 Å². The van der Waals surface area contributed by atoms with Crippen molar-refractivity contribution in [3.63, 3.8) is 0 Å². The molecule has 0 fully saturated rings. The number of aliphatic hydroxyl groups excluding tert-OH is 1. The van der Waals surface area contributed by atoms with Crippen LogP contribution in [-0.2, 0) is 11.2 Å². The van der Waals surface area contributed by atoms with E-state index >= 15 is 0 Å². The van der Waals surface area contributed by atoms with Crippen molar-refractivity contribution in [2.24, 2.45) is 0 Å². The Balaban J connectivity index is 2.41. The number of aliphatic carboxylic acids is 1. The van der Waals surface area contributed by atoms with Crippen LogP contribution in [0.25, 0.3) is 0 Å². The Bertz CT molecular complexity index is 421. The molecule has 0 saturated carbocycles. The summed E-state index contributed by atoms with van der Waals surface area (Å²) < 4.78 is 0. The number of amides is 2. The third-order valence-electron chi connectivity index (χ3n) is 2.79. The van der Waals surface area contributed by atoms with Gasteiger partial charge in [-0.2, -0.15) is 0 Å². The van der Waals surface area contributed by atoms with Gasteiger partial charge < -0.3 is 20.4 Å². The van der Waals surface area contributed by atoms with Gasteiger partial charge in [-0.1, -0.05) is 6.07 Å². The molecule has 1 rings (SSSR count). The Labute approximate surface area is 115 Å². The maximum absolute atomic E-state index is 11.8. The minimum absolute atomic E-state index is 0.0133. The fourth-order valence-electron chi connectivity index (χ4n) is 1.45. The number of carboxylic acid groups (broad SMARTS) is 1. The highest BCUT2D eigenvalue weighted by Gasteiger charge is 2.19. The number of likely N-dealkylation sites (N-methyl/N-ethyl adjacent to an activating group) is 1. The van der Waals surface area contributed by atoms with Crippen LogP contribution in [0.15, 0.2) is 17.5 Å². The molecule has 0 aliphatic heterocycles. The lowest BCUT2D eigenvalue weighted by Crippen LogP contribution is -2.46. The number of rotatable bonds is 6. The summed E-state index contributed by atoms with van der Waals surface area (Å²) in [7, 11) is 1.64. The number of carbonyl (C=O) groups is 2. The summed E-state index contributed by atoms with van der Waals surface area (Å²) in [6, 6.07) is 3.54. The number of nitrogens with one attached hydrogen (secondary N) is 1. The van der Waals surface area contributed by atoms with Gasteiger partial charge in [-0.3, -0.25) is 0 Å². The van der Waals surface area contributed by atoms with Crippen molar-refractivity contribution in [2.75, 3.05) is 13.6 Å². The first-order chi connectivity index (χ1) is 8.91. The maximum atomic E-state index is 11.8. The number of aliphatic hydroxyl groups is 1.